The van der Waals surface area contributed by atoms with E-state index in [2.05, 4.69) is 13.8 Å². The summed E-state index contributed by atoms with van der Waals surface area (Å²) in [5.74, 6) is 0. The van der Waals surface area contributed by atoms with Crippen molar-refractivity contribution in [2.24, 2.45) is 0 Å². The highest BCUT2D eigenvalue weighted by Gasteiger charge is 2.20. The van der Waals surface area contributed by atoms with Gasteiger partial charge in [0.05, 0.1) is 18.8 Å². The third-order valence-corrected chi connectivity index (χ3v) is 2.24. The number of ether oxygens (including phenoxy) is 1. The summed E-state index contributed by atoms with van der Waals surface area (Å²) in [5, 5.41) is 8.98. The van der Waals surface area contributed by atoms with Gasteiger partial charge >= 0.3 is 0 Å². The standard InChI is InChI=1S/C9H16O2/c1-6-4-7(2)11-8(3)9(6)5-10/h7-8,10H,4-5H2,1-3H3/t7-,8?/m0/s1. The van der Waals surface area contributed by atoms with E-state index in [1.54, 1.807) is 0 Å². The number of hydrogen-bond donors (Lipinski definition) is 1. The van der Waals surface area contributed by atoms with Crippen LogP contribution in [0.2, 0.25) is 0 Å². The van der Waals surface area contributed by atoms with E-state index >= 15 is 0 Å². The molecule has 2 nitrogen and oxygen atoms in total. The maximum atomic E-state index is 8.98. The van der Waals surface area contributed by atoms with Crippen molar-refractivity contribution >= 4 is 0 Å². The van der Waals surface area contributed by atoms with Gasteiger partial charge in [0.1, 0.15) is 0 Å². The fraction of sp³-hybridized carbons (Fsp3) is 0.778. The molecule has 0 bridgehead atoms. The van der Waals surface area contributed by atoms with E-state index in [0.717, 1.165) is 12.0 Å². The molecule has 1 N–H and O–H groups in total. The van der Waals surface area contributed by atoms with Crippen molar-refractivity contribution in [3.63, 3.8) is 0 Å². The van der Waals surface area contributed by atoms with Gasteiger partial charge in [-0.05, 0) is 32.8 Å². The second kappa shape index (κ2) is 3.37. The van der Waals surface area contributed by atoms with E-state index in [1.165, 1.54) is 5.57 Å². The molecule has 11 heavy (non-hydrogen) atoms. The molecule has 0 amide bonds. The summed E-state index contributed by atoms with van der Waals surface area (Å²) < 4.78 is 5.54. The fourth-order valence-corrected chi connectivity index (χ4v) is 1.65. The summed E-state index contributed by atoms with van der Waals surface area (Å²) in [5.41, 5.74) is 2.35. The minimum Gasteiger partial charge on any atom is -0.392 e. The molecule has 1 rings (SSSR count). The van der Waals surface area contributed by atoms with E-state index in [4.69, 9.17) is 9.84 Å². The second-order valence-corrected chi connectivity index (χ2v) is 3.26. The smallest absolute Gasteiger partial charge is 0.0785 e. The van der Waals surface area contributed by atoms with Gasteiger partial charge in [0.15, 0.2) is 0 Å². The van der Waals surface area contributed by atoms with Gasteiger partial charge < -0.3 is 9.84 Å². The van der Waals surface area contributed by atoms with Crippen molar-refractivity contribution in [1.82, 2.24) is 0 Å². The lowest BCUT2D eigenvalue weighted by molar-refractivity contribution is 0.0106. The van der Waals surface area contributed by atoms with Crippen LogP contribution >= 0.6 is 0 Å². The molecule has 0 aromatic rings. The van der Waals surface area contributed by atoms with E-state index in [0.29, 0.717) is 6.10 Å². The van der Waals surface area contributed by atoms with E-state index in [1.807, 2.05) is 6.92 Å². The first-order valence-corrected chi connectivity index (χ1v) is 4.10. The first-order chi connectivity index (χ1) is 5.15. The van der Waals surface area contributed by atoms with Crippen LogP contribution in [0.25, 0.3) is 0 Å². The Kier molecular flexibility index (Phi) is 2.68. The molecule has 0 radical (unpaired) electrons. The van der Waals surface area contributed by atoms with Crippen LogP contribution in [0.1, 0.15) is 27.2 Å². The monoisotopic (exact) mass is 156 g/mol. The Hall–Kier alpha value is -0.340. The molecule has 64 valence electrons. The highest BCUT2D eigenvalue weighted by atomic mass is 16.5. The Labute approximate surface area is 67.9 Å². The maximum absolute atomic E-state index is 8.98. The molecule has 0 aromatic carbocycles. The van der Waals surface area contributed by atoms with Gasteiger partial charge in [-0.1, -0.05) is 5.57 Å². The summed E-state index contributed by atoms with van der Waals surface area (Å²) in [6.07, 6.45) is 1.37. The van der Waals surface area contributed by atoms with E-state index in [-0.39, 0.29) is 12.7 Å². The first kappa shape index (κ1) is 8.75. The quantitative estimate of drug-likeness (QED) is 0.583. The zero-order chi connectivity index (χ0) is 8.43. The average molecular weight is 156 g/mol. The SMILES string of the molecule is CC1=C(CO)C(C)O[C@@H](C)C1. The molecule has 0 saturated heterocycles. The van der Waals surface area contributed by atoms with Gasteiger partial charge in [-0.2, -0.15) is 0 Å². The largest absolute Gasteiger partial charge is 0.392 e. The van der Waals surface area contributed by atoms with Gasteiger partial charge in [0.25, 0.3) is 0 Å². The normalized spacial score (nSPS) is 32.7. The van der Waals surface area contributed by atoms with Crippen LogP contribution in [0, 0.1) is 0 Å². The average Bonchev–Trinajstić information content (AvgIpc) is 1.85. The first-order valence-electron chi connectivity index (χ1n) is 4.10. The highest BCUT2D eigenvalue weighted by molar-refractivity contribution is 5.19. The lowest BCUT2D eigenvalue weighted by atomic mass is 9.97. The molecule has 1 aliphatic heterocycles. The molecule has 0 aromatic heterocycles. The summed E-state index contributed by atoms with van der Waals surface area (Å²) in [6, 6.07) is 0. The summed E-state index contributed by atoms with van der Waals surface area (Å²) in [7, 11) is 0. The Morgan fingerprint density at radius 2 is 2.18 bits per heavy atom. The second-order valence-electron chi connectivity index (χ2n) is 3.26. The highest BCUT2D eigenvalue weighted by Crippen LogP contribution is 2.24. The minimum absolute atomic E-state index is 0.101. The zero-order valence-corrected chi connectivity index (χ0v) is 7.42. The Morgan fingerprint density at radius 3 is 2.64 bits per heavy atom. The van der Waals surface area contributed by atoms with Crippen LogP contribution in [0.3, 0.4) is 0 Å². The third kappa shape index (κ3) is 1.82. The maximum Gasteiger partial charge on any atom is 0.0785 e. The van der Waals surface area contributed by atoms with Crippen molar-refractivity contribution in [2.45, 2.75) is 39.4 Å². The van der Waals surface area contributed by atoms with Crippen molar-refractivity contribution in [3.05, 3.63) is 11.1 Å². The molecule has 0 saturated carbocycles. The van der Waals surface area contributed by atoms with Crippen LogP contribution in [0.15, 0.2) is 11.1 Å². The van der Waals surface area contributed by atoms with Gasteiger partial charge in [0.2, 0.25) is 0 Å². The number of aliphatic hydroxyl groups is 1. The van der Waals surface area contributed by atoms with Crippen molar-refractivity contribution < 1.29 is 9.84 Å². The van der Waals surface area contributed by atoms with Crippen LogP contribution < -0.4 is 0 Å². The molecule has 1 unspecified atom stereocenters. The topological polar surface area (TPSA) is 29.5 Å². The van der Waals surface area contributed by atoms with Crippen LogP contribution in [0.5, 0.6) is 0 Å². The van der Waals surface area contributed by atoms with Crippen LogP contribution in [-0.4, -0.2) is 23.9 Å². The Bertz CT molecular complexity index is 172. The molecule has 1 heterocycles. The molecule has 0 spiro atoms. The van der Waals surface area contributed by atoms with Crippen molar-refractivity contribution in [3.8, 4) is 0 Å². The van der Waals surface area contributed by atoms with Crippen molar-refractivity contribution in [1.29, 1.82) is 0 Å². The van der Waals surface area contributed by atoms with Crippen LogP contribution in [0.4, 0.5) is 0 Å². The number of aliphatic hydroxyl groups excluding tert-OH is 1. The van der Waals surface area contributed by atoms with E-state index in [9.17, 15) is 0 Å². The predicted octanol–water partition coefficient (Wildman–Crippen LogP) is 1.49. The number of hydrogen-bond acceptors (Lipinski definition) is 2. The summed E-state index contributed by atoms with van der Waals surface area (Å²) in [6.45, 7) is 6.26. The summed E-state index contributed by atoms with van der Waals surface area (Å²) in [4.78, 5) is 0. The minimum atomic E-state index is 0.101. The van der Waals surface area contributed by atoms with Crippen molar-refractivity contribution in [2.75, 3.05) is 6.61 Å². The lowest BCUT2D eigenvalue weighted by Crippen LogP contribution is -2.27. The molecule has 0 fully saturated rings. The molecule has 2 heteroatoms. The molecule has 2 atom stereocenters. The Balaban J connectivity index is 2.77. The van der Waals surface area contributed by atoms with Gasteiger partial charge in [-0.25, -0.2) is 0 Å². The predicted molar refractivity (Wildman–Crippen MR) is 44.4 cm³/mol. The Morgan fingerprint density at radius 1 is 1.55 bits per heavy atom. The number of rotatable bonds is 1. The summed E-state index contributed by atoms with van der Waals surface area (Å²) >= 11 is 0. The van der Waals surface area contributed by atoms with E-state index < -0.39 is 0 Å². The fourth-order valence-electron chi connectivity index (χ4n) is 1.65. The van der Waals surface area contributed by atoms with Gasteiger partial charge in [-0.3, -0.25) is 0 Å². The molecule has 0 aliphatic carbocycles. The zero-order valence-electron chi connectivity index (χ0n) is 7.42. The lowest BCUT2D eigenvalue weighted by Gasteiger charge is -2.28. The molecular weight excluding hydrogens is 140 g/mol. The molecule has 1 aliphatic rings. The van der Waals surface area contributed by atoms with Crippen LogP contribution in [-0.2, 0) is 4.74 Å². The van der Waals surface area contributed by atoms with Gasteiger partial charge in [0, 0.05) is 0 Å². The molecular formula is C9H16O2. The van der Waals surface area contributed by atoms with Gasteiger partial charge in [-0.15, -0.1) is 0 Å². The third-order valence-electron chi connectivity index (χ3n) is 2.24.